The Labute approximate surface area is 164 Å². The van der Waals surface area contributed by atoms with E-state index in [1.54, 1.807) is 12.1 Å². The van der Waals surface area contributed by atoms with Gasteiger partial charge in [0.15, 0.2) is 11.5 Å². The van der Waals surface area contributed by atoms with Gasteiger partial charge in [-0.15, -0.1) is 0 Å². The summed E-state index contributed by atoms with van der Waals surface area (Å²) in [5.41, 5.74) is 1.94. The normalized spacial score (nSPS) is 17.4. The Bertz CT molecular complexity index is 849. The molecule has 1 aliphatic heterocycles. The van der Waals surface area contributed by atoms with Gasteiger partial charge in [0.25, 0.3) is 0 Å². The highest BCUT2D eigenvalue weighted by Gasteiger charge is 2.37. The monoisotopic (exact) mass is 384 g/mol. The molecule has 1 saturated carbocycles. The number of likely N-dealkylation sites (N-methyl/N-ethyl adjacent to an activating group) is 1. The van der Waals surface area contributed by atoms with Crippen LogP contribution in [0.5, 0.6) is 11.5 Å². The van der Waals surface area contributed by atoms with Gasteiger partial charge >= 0.3 is 0 Å². The molecule has 0 bridgehead atoms. The molecule has 5 nitrogen and oxygen atoms in total. The topological polar surface area (TPSA) is 50.8 Å². The van der Waals surface area contributed by atoms with Crippen LogP contribution in [0.25, 0.3) is 0 Å². The number of rotatable bonds is 7. The fourth-order valence-electron chi connectivity index (χ4n) is 3.76. The number of hydrogen-bond donors (Lipinski definition) is 1. The molecule has 0 spiro atoms. The van der Waals surface area contributed by atoms with Crippen LogP contribution in [0, 0.1) is 11.7 Å². The van der Waals surface area contributed by atoms with Gasteiger partial charge in [-0.05, 0) is 68.2 Å². The summed E-state index contributed by atoms with van der Waals surface area (Å²) in [6.45, 7) is 0.721. The summed E-state index contributed by atoms with van der Waals surface area (Å²) in [5, 5.41) is 3.12. The van der Waals surface area contributed by atoms with Crippen molar-refractivity contribution in [3.05, 3.63) is 59.4 Å². The molecule has 0 saturated heterocycles. The molecule has 1 aliphatic carbocycles. The minimum absolute atomic E-state index is 0.00158. The zero-order valence-corrected chi connectivity index (χ0v) is 16.2. The highest BCUT2D eigenvalue weighted by Crippen LogP contribution is 2.43. The van der Waals surface area contributed by atoms with Crippen LogP contribution in [0.4, 0.5) is 4.39 Å². The Morgan fingerprint density at radius 3 is 2.46 bits per heavy atom. The second kappa shape index (κ2) is 7.80. The van der Waals surface area contributed by atoms with E-state index in [2.05, 4.69) is 10.2 Å². The summed E-state index contributed by atoms with van der Waals surface area (Å²) in [4.78, 5) is 15.1. The van der Waals surface area contributed by atoms with E-state index in [0.717, 1.165) is 35.5 Å². The van der Waals surface area contributed by atoms with Crippen LogP contribution in [-0.4, -0.2) is 38.2 Å². The van der Waals surface area contributed by atoms with Crippen molar-refractivity contribution < 1.29 is 18.7 Å². The molecule has 1 heterocycles. The molecule has 6 heteroatoms. The molecule has 0 aromatic heterocycles. The molecule has 1 fully saturated rings. The number of nitrogens with one attached hydrogen (secondary N) is 1. The first kappa shape index (κ1) is 18.7. The third kappa shape index (κ3) is 3.97. The molecule has 1 amide bonds. The quantitative estimate of drug-likeness (QED) is 0.794. The smallest absolute Gasteiger partial charge is 0.231 e. The summed E-state index contributed by atoms with van der Waals surface area (Å²) in [6, 6.07) is 12.2. The second-order valence-corrected chi connectivity index (χ2v) is 7.70. The van der Waals surface area contributed by atoms with Crippen molar-refractivity contribution in [2.45, 2.75) is 24.8 Å². The molecule has 0 radical (unpaired) electrons. The third-order valence-corrected chi connectivity index (χ3v) is 5.48. The van der Waals surface area contributed by atoms with Crippen molar-refractivity contribution in [2.24, 2.45) is 5.92 Å². The first-order valence-electron chi connectivity index (χ1n) is 9.62. The van der Waals surface area contributed by atoms with Gasteiger partial charge < -0.3 is 19.7 Å². The van der Waals surface area contributed by atoms with E-state index in [4.69, 9.17) is 9.47 Å². The maximum absolute atomic E-state index is 13.3. The average molecular weight is 384 g/mol. The molecular formula is C22H25FN2O3. The number of ether oxygens (including phenoxy) is 2. The average Bonchev–Trinajstić information content (AvgIpc) is 3.39. The maximum atomic E-state index is 13.3. The molecule has 28 heavy (non-hydrogen) atoms. The fourth-order valence-corrected chi connectivity index (χ4v) is 3.76. The summed E-state index contributed by atoms with van der Waals surface area (Å²) < 4.78 is 24.1. The molecule has 1 N–H and O–H groups in total. The third-order valence-electron chi connectivity index (χ3n) is 5.48. The van der Waals surface area contributed by atoms with Gasteiger partial charge in [-0.2, -0.15) is 0 Å². The van der Waals surface area contributed by atoms with Gasteiger partial charge in [-0.1, -0.05) is 18.2 Å². The highest BCUT2D eigenvalue weighted by molar-refractivity contribution is 5.84. The lowest BCUT2D eigenvalue weighted by molar-refractivity contribution is -0.123. The molecular weight excluding hydrogens is 359 g/mol. The zero-order chi connectivity index (χ0) is 19.7. The number of fused-ring (bicyclic) bond motifs is 1. The first-order valence-corrected chi connectivity index (χ1v) is 9.62. The van der Waals surface area contributed by atoms with Gasteiger partial charge in [0.2, 0.25) is 12.7 Å². The summed E-state index contributed by atoms with van der Waals surface area (Å²) >= 11 is 0. The summed E-state index contributed by atoms with van der Waals surface area (Å²) in [5.74, 6) is 1.32. The fraction of sp³-hybridized carbons (Fsp3) is 0.409. The Kier molecular flexibility index (Phi) is 5.22. The van der Waals surface area contributed by atoms with Crippen LogP contribution in [0.2, 0.25) is 0 Å². The maximum Gasteiger partial charge on any atom is 0.231 e. The molecule has 4 rings (SSSR count). The van der Waals surface area contributed by atoms with E-state index in [-0.39, 0.29) is 30.5 Å². The van der Waals surface area contributed by atoms with E-state index in [0.29, 0.717) is 12.5 Å². The van der Waals surface area contributed by atoms with Crippen molar-refractivity contribution in [2.75, 3.05) is 27.4 Å². The minimum Gasteiger partial charge on any atom is -0.454 e. The van der Waals surface area contributed by atoms with E-state index in [1.165, 1.54) is 12.1 Å². The number of hydrogen-bond acceptors (Lipinski definition) is 4. The lowest BCUT2D eigenvalue weighted by Crippen LogP contribution is -2.37. The van der Waals surface area contributed by atoms with Gasteiger partial charge in [-0.25, -0.2) is 4.39 Å². The number of carbonyl (C=O) groups excluding carboxylic acids is 1. The lowest BCUT2D eigenvalue weighted by Gasteiger charge is -2.26. The molecule has 2 atom stereocenters. The van der Waals surface area contributed by atoms with Crippen LogP contribution >= 0.6 is 0 Å². The van der Waals surface area contributed by atoms with Crippen molar-refractivity contribution >= 4 is 5.91 Å². The van der Waals surface area contributed by atoms with Gasteiger partial charge in [0, 0.05) is 6.54 Å². The minimum atomic E-state index is -0.283. The van der Waals surface area contributed by atoms with Gasteiger partial charge in [0.05, 0.1) is 12.0 Å². The van der Waals surface area contributed by atoms with Crippen LogP contribution in [0.3, 0.4) is 0 Å². The van der Waals surface area contributed by atoms with Crippen LogP contribution in [0.1, 0.15) is 35.9 Å². The molecule has 148 valence electrons. The van der Waals surface area contributed by atoms with Crippen molar-refractivity contribution in [1.82, 2.24) is 10.2 Å². The predicted molar refractivity (Wildman–Crippen MR) is 104 cm³/mol. The van der Waals surface area contributed by atoms with Crippen LogP contribution in [-0.2, 0) is 4.79 Å². The van der Waals surface area contributed by atoms with Gasteiger partial charge in [0.1, 0.15) is 5.82 Å². The molecule has 2 unspecified atom stereocenters. The Balaban J connectivity index is 1.47. The van der Waals surface area contributed by atoms with Gasteiger partial charge in [-0.3, -0.25) is 4.79 Å². The number of benzene rings is 2. The zero-order valence-electron chi connectivity index (χ0n) is 16.2. The number of carbonyl (C=O) groups is 1. The standard InChI is InChI=1S/C22H25FN2O3/c1-25(2)18(16-7-10-19-20(11-16)28-13-27-19)12-24-22(26)21(14-3-4-14)15-5-8-17(23)9-6-15/h5-11,14,18,21H,3-4,12-13H2,1-2H3,(H,24,26). The van der Waals surface area contributed by atoms with Crippen molar-refractivity contribution in [1.29, 1.82) is 0 Å². The van der Waals surface area contributed by atoms with E-state index < -0.39 is 0 Å². The first-order chi connectivity index (χ1) is 13.5. The number of halogens is 1. The predicted octanol–water partition coefficient (Wildman–Crippen LogP) is 3.47. The van der Waals surface area contributed by atoms with Crippen molar-refractivity contribution in [3.8, 4) is 11.5 Å². The number of amides is 1. The number of nitrogens with zero attached hydrogens (tertiary/aromatic N) is 1. The van der Waals surface area contributed by atoms with E-state index in [9.17, 15) is 9.18 Å². The second-order valence-electron chi connectivity index (χ2n) is 7.70. The molecule has 2 aliphatic rings. The van der Waals surface area contributed by atoms with E-state index in [1.807, 2.05) is 32.3 Å². The largest absolute Gasteiger partial charge is 0.454 e. The summed E-state index contributed by atoms with van der Waals surface area (Å²) in [7, 11) is 3.97. The molecule has 2 aromatic carbocycles. The Morgan fingerprint density at radius 1 is 1.11 bits per heavy atom. The van der Waals surface area contributed by atoms with Crippen molar-refractivity contribution in [3.63, 3.8) is 0 Å². The Morgan fingerprint density at radius 2 is 1.79 bits per heavy atom. The highest BCUT2D eigenvalue weighted by atomic mass is 19.1. The van der Waals surface area contributed by atoms with E-state index >= 15 is 0 Å². The lowest BCUT2D eigenvalue weighted by atomic mass is 9.93. The van der Waals surface area contributed by atoms with Crippen LogP contribution < -0.4 is 14.8 Å². The summed E-state index contributed by atoms with van der Waals surface area (Å²) in [6.07, 6.45) is 2.07. The SMILES string of the molecule is CN(C)C(CNC(=O)C(c1ccc(F)cc1)C1CC1)c1ccc2c(c1)OCO2. The van der Waals surface area contributed by atoms with Crippen LogP contribution in [0.15, 0.2) is 42.5 Å². The Hall–Kier alpha value is -2.60. The molecule has 2 aromatic rings.